The lowest BCUT2D eigenvalue weighted by atomic mass is 10.2. The molecule has 1 aromatic heterocycles. The van der Waals surface area contributed by atoms with Crippen molar-refractivity contribution < 1.29 is 22.3 Å². The fraction of sp³-hybridized carbons (Fsp3) is 0.273. The number of halogens is 4. The van der Waals surface area contributed by atoms with Crippen LogP contribution in [0.1, 0.15) is 11.4 Å². The number of nitrogen functional groups attached to an aromatic ring is 1. The average molecular weight is 322 g/mol. The first-order valence-corrected chi connectivity index (χ1v) is 6.54. The zero-order valence-corrected chi connectivity index (χ0v) is 11.5. The predicted molar refractivity (Wildman–Crippen MR) is 67.7 cm³/mol. The van der Waals surface area contributed by atoms with Crippen LogP contribution in [-0.2, 0) is 11.9 Å². The number of aromatic nitrogens is 3. The number of thioether (sulfide) groups is 1. The Morgan fingerprint density at radius 3 is 2.57 bits per heavy atom. The fourth-order valence-electron chi connectivity index (χ4n) is 1.52. The summed E-state index contributed by atoms with van der Waals surface area (Å²) >= 11 is 0.916. The molecule has 2 N–H and O–H groups in total. The molecule has 0 aliphatic rings. The van der Waals surface area contributed by atoms with Crippen molar-refractivity contribution in [3.05, 3.63) is 35.4 Å². The molecule has 0 aliphatic carbocycles. The highest BCUT2D eigenvalue weighted by molar-refractivity contribution is 7.98. The molecular weight excluding hydrogens is 312 g/mol. The van der Waals surface area contributed by atoms with Crippen LogP contribution in [0.3, 0.4) is 0 Å². The predicted octanol–water partition coefficient (Wildman–Crippen LogP) is 2.45. The number of rotatable bonds is 4. The van der Waals surface area contributed by atoms with Crippen LogP contribution in [-0.4, -0.2) is 22.0 Å². The number of hydrogen-bond donors (Lipinski definition) is 1. The summed E-state index contributed by atoms with van der Waals surface area (Å²) in [6.45, 7) is 0. The third-order valence-electron chi connectivity index (χ3n) is 2.50. The second kappa shape index (κ2) is 5.80. The Morgan fingerprint density at radius 1 is 1.33 bits per heavy atom. The SMILES string of the molecule is COc1ccc(CSc2nnc(C(F)(F)F)n2N)cc1F. The number of nitrogens with two attached hydrogens (primary N) is 1. The van der Waals surface area contributed by atoms with Gasteiger partial charge in [0.2, 0.25) is 5.16 Å². The highest BCUT2D eigenvalue weighted by Gasteiger charge is 2.38. The van der Waals surface area contributed by atoms with Gasteiger partial charge in [0.1, 0.15) is 0 Å². The largest absolute Gasteiger partial charge is 0.494 e. The Balaban J connectivity index is 2.10. The Labute approximate surface area is 121 Å². The van der Waals surface area contributed by atoms with Crippen molar-refractivity contribution in [3.8, 4) is 5.75 Å². The molecule has 114 valence electrons. The summed E-state index contributed by atoms with van der Waals surface area (Å²) in [4.78, 5) is 0. The number of methoxy groups -OCH3 is 1. The normalized spacial score (nSPS) is 11.7. The maximum Gasteiger partial charge on any atom is 0.453 e. The molecule has 2 aromatic rings. The van der Waals surface area contributed by atoms with Gasteiger partial charge in [0.25, 0.3) is 5.82 Å². The van der Waals surface area contributed by atoms with Crippen molar-refractivity contribution in [1.82, 2.24) is 14.9 Å². The molecule has 0 unspecified atom stereocenters. The quantitative estimate of drug-likeness (QED) is 0.532. The van der Waals surface area contributed by atoms with Gasteiger partial charge in [-0.25, -0.2) is 9.07 Å². The summed E-state index contributed by atoms with van der Waals surface area (Å²) in [7, 11) is 1.34. The van der Waals surface area contributed by atoms with Gasteiger partial charge < -0.3 is 10.6 Å². The molecule has 1 aromatic carbocycles. The standard InChI is InChI=1S/C11H10F4N4OS/c1-20-8-3-2-6(4-7(8)12)5-21-10-18-17-9(19(10)16)11(13,14)15/h2-4H,5,16H2,1H3. The molecule has 0 spiro atoms. The first-order valence-electron chi connectivity index (χ1n) is 5.56. The molecule has 0 amide bonds. The van der Waals surface area contributed by atoms with E-state index in [0.717, 1.165) is 11.8 Å². The zero-order chi connectivity index (χ0) is 15.6. The zero-order valence-electron chi connectivity index (χ0n) is 10.7. The van der Waals surface area contributed by atoms with E-state index in [0.29, 0.717) is 10.2 Å². The van der Waals surface area contributed by atoms with Crippen LogP contribution in [0.25, 0.3) is 0 Å². The second-order valence-electron chi connectivity index (χ2n) is 3.93. The van der Waals surface area contributed by atoms with Crippen LogP contribution < -0.4 is 10.6 Å². The van der Waals surface area contributed by atoms with Gasteiger partial charge in [0.05, 0.1) is 7.11 Å². The molecule has 0 saturated heterocycles. The Bertz CT molecular complexity index is 644. The van der Waals surface area contributed by atoms with E-state index >= 15 is 0 Å². The summed E-state index contributed by atoms with van der Waals surface area (Å²) in [6, 6.07) is 4.25. The molecule has 0 radical (unpaired) electrons. The second-order valence-corrected chi connectivity index (χ2v) is 4.87. The van der Waals surface area contributed by atoms with Crippen LogP contribution in [0.4, 0.5) is 17.6 Å². The number of nitrogens with zero attached hydrogens (tertiary/aromatic N) is 3. The molecule has 21 heavy (non-hydrogen) atoms. The molecule has 0 bridgehead atoms. The minimum Gasteiger partial charge on any atom is -0.494 e. The summed E-state index contributed by atoms with van der Waals surface area (Å²) in [5.74, 6) is 3.72. The maximum absolute atomic E-state index is 13.5. The van der Waals surface area contributed by atoms with Gasteiger partial charge in [0.15, 0.2) is 11.6 Å². The van der Waals surface area contributed by atoms with Crippen molar-refractivity contribution >= 4 is 11.8 Å². The lowest BCUT2D eigenvalue weighted by Crippen LogP contribution is -2.21. The van der Waals surface area contributed by atoms with Gasteiger partial charge in [-0.15, -0.1) is 10.2 Å². The van der Waals surface area contributed by atoms with Crippen LogP contribution in [0.2, 0.25) is 0 Å². The smallest absolute Gasteiger partial charge is 0.453 e. The van der Waals surface area contributed by atoms with E-state index in [4.69, 9.17) is 10.6 Å². The van der Waals surface area contributed by atoms with Gasteiger partial charge in [0, 0.05) is 5.75 Å². The van der Waals surface area contributed by atoms with E-state index in [1.54, 1.807) is 6.07 Å². The van der Waals surface area contributed by atoms with Crippen LogP contribution >= 0.6 is 11.8 Å². The maximum atomic E-state index is 13.5. The summed E-state index contributed by atoms with van der Waals surface area (Å²) in [5.41, 5.74) is 0.551. The van der Waals surface area contributed by atoms with Crippen molar-refractivity contribution in [2.75, 3.05) is 13.0 Å². The van der Waals surface area contributed by atoms with Gasteiger partial charge >= 0.3 is 6.18 Å². The van der Waals surface area contributed by atoms with E-state index in [2.05, 4.69) is 10.2 Å². The topological polar surface area (TPSA) is 66.0 Å². The van der Waals surface area contributed by atoms with E-state index < -0.39 is 17.8 Å². The monoisotopic (exact) mass is 322 g/mol. The highest BCUT2D eigenvalue weighted by Crippen LogP contribution is 2.30. The van der Waals surface area contributed by atoms with Crippen LogP contribution in [0.15, 0.2) is 23.4 Å². The first-order chi connectivity index (χ1) is 9.82. The number of benzene rings is 1. The lowest BCUT2D eigenvalue weighted by molar-refractivity contribution is -0.146. The number of alkyl halides is 3. The molecule has 0 atom stereocenters. The molecule has 10 heteroatoms. The Hall–Kier alpha value is -1.97. The molecule has 0 fully saturated rings. The van der Waals surface area contributed by atoms with Crippen molar-refractivity contribution in [2.24, 2.45) is 0 Å². The summed E-state index contributed by atoms with van der Waals surface area (Å²) in [6.07, 6.45) is -4.67. The van der Waals surface area contributed by atoms with E-state index in [1.165, 1.54) is 19.2 Å². The fourth-order valence-corrected chi connectivity index (χ4v) is 2.32. The highest BCUT2D eigenvalue weighted by atomic mass is 32.2. The molecule has 1 heterocycles. The van der Waals surface area contributed by atoms with Crippen LogP contribution in [0.5, 0.6) is 5.75 Å². The minimum absolute atomic E-state index is 0.0881. The third kappa shape index (κ3) is 3.38. The molecular formula is C11H10F4N4OS. The van der Waals surface area contributed by atoms with Crippen molar-refractivity contribution in [1.29, 1.82) is 0 Å². The van der Waals surface area contributed by atoms with Gasteiger partial charge in [-0.3, -0.25) is 0 Å². The third-order valence-corrected chi connectivity index (χ3v) is 3.52. The molecule has 5 nitrogen and oxygen atoms in total. The first kappa shape index (κ1) is 15.4. The number of ether oxygens (including phenoxy) is 1. The van der Waals surface area contributed by atoms with Crippen molar-refractivity contribution in [3.63, 3.8) is 0 Å². The Kier molecular flexibility index (Phi) is 4.26. The van der Waals surface area contributed by atoms with Gasteiger partial charge in [-0.1, -0.05) is 17.8 Å². The molecule has 2 rings (SSSR count). The van der Waals surface area contributed by atoms with E-state index in [-0.39, 0.29) is 16.7 Å². The minimum atomic E-state index is -4.67. The van der Waals surface area contributed by atoms with Gasteiger partial charge in [-0.2, -0.15) is 13.2 Å². The van der Waals surface area contributed by atoms with E-state index in [9.17, 15) is 17.6 Å². The lowest BCUT2D eigenvalue weighted by Gasteiger charge is -2.07. The van der Waals surface area contributed by atoms with Crippen LogP contribution in [0, 0.1) is 5.82 Å². The average Bonchev–Trinajstić information content (AvgIpc) is 2.77. The Morgan fingerprint density at radius 2 is 2.05 bits per heavy atom. The molecule has 0 saturated carbocycles. The summed E-state index contributed by atoms with van der Waals surface area (Å²) < 4.78 is 56.1. The number of hydrogen-bond acceptors (Lipinski definition) is 5. The van der Waals surface area contributed by atoms with Crippen molar-refractivity contribution in [2.45, 2.75) is 17.1 Å². The summed E-state index contributed by atoms with van der Waals surface area (Å²) in [5, 5.41) is 6.25. The van der Waals surface area contributed by atoms with Gasteiger partial charge in [-0.05, 0) is 17.7 Å². The van der Waals surface area contributed by atoms with E-state index in [1.807, 2.05) is 0 Å². The molecule has 0 aliphatic heterocycles.